The summed E-state index contributed by atoms with van der Waals surface area (Å²) in [4.78, 5) is 21.1. The van der Waals surface area contributed by atoms with Gasteiger partial charge in [-0.05, 0) is 30.7 Å². The van der Waals surface area contributed by atoms with Crippen molar-refractivity contribution < 1.29 is 4.79 Å². The highest BCUT2D eigenvalue weighted by Gasteiger charge is 2.44. The maximum Gasteiger partial charge on any atom is 0.240 e. The molecule has 1 saturated heterocycles. The number of aromatic nitrogens is 4. The SMILES string of the molecule is CC(NC1(C(N)=O)CNC1)c1ncnc2c(-c3ccc(Cl)cc3)c(-c3ccccc3Cl)nn12. The number of rotatable bonds is 6. The molecule has 10 heteroatoms. The lowest BCUT2D eigenvalue weighted by Gasteiger charge is -2.42. The molecule has 4 N–H and O–H groups in total. The number of nitrogens with two attached hydrogens (primary N) is 1. The molecular formula is C23H21Cl2N7O. The van der Waals surface area contributed by atoms with Crippen molar-refractivity contribution in [2.75, 3.05) is 13.1 Å². The summed E-state index contributed by atoms with van der Waals surface area (Å²) in [5, 5.41) is 12.5. The molecule has 2 aromatic carbocycles. The van der Waals surface area contributed by atoms with Crippen LogP contribution in [0.25, 0.3) is 28.0 Å². The molecule has 1 atom stereocenters. The number of amides is 1. The quantitative estimate of drug-likeness (QED) is 0.389. The zero-order valence-corrected chi connectivity index (χ0v) is 19.2. The number of benzene rings is 2. The molecule has 2 aromatic heterocycles. The average Bonchev–Trinajstić information content (AvgIpc) is 3.16. The minimum absolute atomic E-state index is 0.331. The van der Waals surface area contributed by atoms with E-state index in [2.05, 4.69) is 20.6 Å². The van der Waals surface area contributed by atoms with Gasteiger partial charge in [-0.25, -0.2) is 9.97 Å². The van der Waals surface area contributed by atoms with Crippen molar-refractivity contribution in [1.29, 1.82) is 0 Å². The van der Waals surface area contributed by atoms with Gasteiger partial charge in [-0.2, -0.15) is 9.61 Å². The Labute approximate surface area is 200 Å². The Morgan fingerprint density at radius 1 is 1.15 bits per heavy atom. The van der Waals surface area contributed by atoms with Crippen molar-refractivity contribution in [1.82, 2.24) is 30.2 Å². The Morgan fingerprint density at radius 2 is 1.88 bits per heavy atom. The molecule has 0 aliphatic carbocycles. The predicted octanol–water partition coefficient (Wildman–Crippen LogP) is 3.24. The summed E-state index contributed by atoms with van der Waals surface area (Å²) in [6, 6.07) is 14.7. The normalized spacial score (nSPS) is 15.8. The smallest absolute Gasteiger partial charge is 0.240 e. The third kappa shape index (κ3) is 3.75. The van der Waals surface area contributed by atoms with Gasteiger partial charge in [-0.1, -0.05) is 53.5 Å². The second-order valence-electron chi connectivity index (χ2n) is 8.09. The zero-order valence-electron chi connectivity index (χ0n) is 17.7. The Kier molecular flexibility index (Phi) is 5.54. The highest BCUT2D eigenvalue weighted by Crippen LogP contribution is 2.38. The lowest BCUT2D eigenvalue weighted by molar-refractivity contribution is -0.126. The van der Waals surface area contributed by atoms with Gasteiger partial charge in [0.15, 0.2) is 11.5 Å². The topological polar surface area (TPSA) is 110 Å². The second kappa shape index (κ2) is 8.39. The van der Waals surface area contributed by atoms with Crippen LogP contribution < -0.4 is 16.4 Å². The Balaban J connectivity index is 1.70. The fourth-order valence-electron chi connectivity index (χ4n) is 4.11. The summed E-state index contributed by atoms with van der Waals surface area (Å²) < 4.78 is 1.70. The molecule has 33 heavy (non-hydrogen) atoms. The van der Waals surface area contributed by atoms with E-state index in [0.717, 1.165) is 16.7 Å². The van der Waals surface area contributed by atoms with Crippen LogP contribution in [0.5, 0.6) is 0 Å². The molecule has 0 saturated carbocycles. The third-order valence-corrected chi connectivity index (χ3v) is 6.50. The number of carbonyl (C=O) groups is 1. The van der Waals surface area contributed by atoms with Crippen LogP contribution >= 0.6 is 23.2 Å². The number of hydrogen-bond donors (Lipinski definition) is 3. The van der Waals surface area contributed by atoms with E-state index >= 15 is 0 Å². The van der Waals surface area contributed by atoms with Gasteiger partial charge in [0.2, 0.25) is 5.91 Å². The molecule has 0 radical (unpaired) electrons. The number of carbonyl (C=O) groups excluding carboxylic acids is 1. The minimum Gasteiger partial charge on any atom is -0.368 e. The molecule has 1 aliphatic rings. The summed E-state index contributed by atoms with van der Waals surface area (Å²) in [5.74, 6) is 0.193. The fraction of sp³-hybridized carbons (Fsp3) is 0.217. The molecule has 3 heterocycles. The number of nitrogens with zero attached hydrogens (tertiary/aromatic N) is 4. The third-order valence-electron chi connectivity index (χ3n) is 5.92. The van der Waals surface area contributed by atoms with E-state index in [1.54, 1.807) is 4.52 Å². The molecule has 8 nitrogen and oxygen atoms in total. The van der Waals surface area contributed by atoms with E-state index in [0.29, 0.717) is 40.3 Å². The molecule has 1 fully saturated rings. The summed E-state index contributed by atoms with van der Waals surface area (Å²) in [6.07, 6.45) is 1.50. The van der Waals surface area contributed by atoms with Gasteiger partial charge in [-0.3, -0.25) is 10.1 Å². The Hall–Kier alpha value is -3.04. The van der Waals surface area contributed by atoms with Crippen LogP contribution in [0.15, 0.2) is 54.9 Å². The standard InChI is InChI=1S/C23H21Cl2N7O/c1-13(30-23(22(26)33)10-27-11-23)20-28-12-29-21-18(14-6-8-15(24)9-7-14)19(31-32(20)21)16-4-2-3-5-17(16)25/h2-9,12-13,27,30H,10-11H2,1H3,(H2,26,33). The van der Waals surface area contributed by atoms with Crippen molar-refractivity contribution in [3.63, 3.8) is 0 Å². The lowest BCUT2D eigenvalue weighted by atomic mass is 9.90. The number of halogens is 2. The first-order valence-corrected chi connectivity index (χ1v) is 11.2. The van der Waals surface area contributed by atoms with Crippen LogP contribution in [-0.4, -0.2) is 44.1 Å². The fourth-order valence-corrected chi connectivity index (χ4v) is 4.46. The molecule has 0 bridgehead atoms. The van der Waals surface area contributed by atoms with Crippen LogP contribution in [0.1, 0.15) is 18.8 Å². The van der Waals surface area contributed by atoms with E-state index in [1.165, 1.54) is 6.33 Å². The molecule has 0 spiro atoms. The van der Waals surface area contributed by atoms with Gasteiger partial charge in [0, 0.05) is 23.7 Å². The minimum atomic E-state index is -0.825. The predicted molar refractivity (Wildman–Crippen MR) is 128 cm³/mol. The zero-order chi connectivity index (χ0) is 23.2. The first-order valence-electron chi connectivity index (χ1n) is 10.4. The van der Waals surface area contributed by atoms with Crippen LogP contribution in [0, 0.1) is 0 Å². The molecule has 1 amide bonds. The molecular weight excluding hydrogens is 461 g/mol. The van der Waals surface area contributed by atoms with Crippen LogP contribution in [0.3, 0.4) is 0 Å². The van der Waals surface area contributed by atoms with Gasteiger partial charge in [0.25, 0.3) is 0 Å². The van der Waals surface area contributed by atoms with E-state index in [9.17, 15) is 4.79 Å². The van der Waals surface area contributed by atoms with Gasteiger partial charge >= 0.3 is 0 Å². The van der Waals surface area contributed by atoms with Crippen LogP contribution in [0.4, 0.5) is 0 Å². The molecule has 4 aromatic rings. The van der Waals surface area contributed by atoms with Gasteiger partial charge in [0.1, 0.15) is 17.6 Å². The highest BCUT2D eigenvalue weighted by molar-refractivity contribution is 6.33. The van der Waals surface area contributed by atoms with Crippen molar-refractivity contribution in [3.8, 4) is 22.4 Å². The number of nitrogens with one attached hydrogen (secondary N) is 2. The molecule has 1 unspecified atom stereocenters. The largest absolute Gasteiger partial charge is 0.368 e. The number of primary amides is 1. The lowest BCUT2D eigenvalue weighted by Crippen LogP contribution is -2.74. The molecule has 168 valence electrons. The van der Waals surface area contributed by atoms with E-state index < -0.39 is 11.4 Å². The van der Waals surface area contributed by atoms with Crippen LogP contribution in [0.2, 0.25) is 10.0 Å². The van der Waals surface area contributed by atoms with Gasteiger partial charge < -0.3 is 11.1 Å². The van der Waals surface area contributed by atoms with Gasteiger partial charge in [0.05, 0.1) is 16.6 Å². The van der Waals surface area contributed by atoms with Gasteiger partial charge in [-0.15, -0.1) is 0 Å². The first-order chi connectivity index (χ1) is 15.9. The summed E-state index contributed by atoms with van der Waals surface area (Å²) in [7, 11) is 0. The van der Waals surface area contributed by atoms with Crippen molar-refractivity contribution >= 4 is 34.8 Å². The van der Waals surface area contributed by atoms with Crippen molar-refractivity contribution in [2.24, 2.45) is 5.73 Å². The Bertz CT molecular complexity index is 1350. The monoisotopic (exact) mass is 481 g/mol. The van der Waals surface area contributed by atoms with E-state index in [-0.39, 0.29) is 6.04 Å². The number of fused-ring (bicyclic) bond motifs is 1. The first kappa shape index (κ1) is 21.8. The van der Waals surface area contributed by atoms with E-state index in [1.807, 2.05) is 55.5 Å². The highest BCUT2D eigenvalue weighted by atomic mass is 35.5. The second-order valence-corrected chi connectivity index (χ2v) is 8.94. The summed E-state index contributed by atoms with van der Waals surface area (Å²) in [5.41, 5.74) is 8.60. The average molecular weight is 482 g/mol. The van der Waals surface area contributed by atoms with Crippen molar-refractivity contribution in [3.05, 3.63) is 70.7 Å². The van der Waals surface area contributed by atoms with Crippen molar-refractivity contribution in [2.45, 2.75) is 18.5 Å². The molecule has 1 aliphatic heterocycles. The number of hydrogen-bond acceptors (Lipinski definition) is 6. The van der Waals surface area contributed by atoms with Crippen LogP contribution in [-0.2, 0) is 4.79 Å². The maximum absolute atomic E-state index is 12.1. The maximum atomic E-state index is 12.1. The summed E-state index contributed by atoms with van der Waals surface area (Å²) >= 11 is 12.7. The van der Waals surface area contributed by atoms with E-state index in [4.69, 9.17) is 34.0 Å². The molecule has 5 rings (SSSR count). The summed E-state index contributed by atoms with van der Waals surface area (Å²) in [6.45, 7) is 2.84. The Morgan fingerprint density at radius 3 is 2.52 bits per heavy atom.